The molecule has 0 bridgehead atoms. The summed E-state index contributed by atoms with van der Waals surface area (Å²) in [5.41, 5.74) is 2.37. The Balaban J connectivity index is 1.42. The number of ether oxygens (including phenoxy) is 3. The van der Waals surface area contributed by atoms with Crippen LogP contribution in [0.15, 0.2) is 114 Å². The molecule has 7 nitrogen and oxygen atoms in total. The molecule has 1 unspecified atom stereocenters. The third kappa shape index (κ3) is 4.81. The quantitative estimate of drug-likeness (QED) is 0.106. The van der Waals surface area contributed by atoms with Crippen LogP contribution >= 0.6 is 23.2 Å². The van der Waals surface area contributed by atoms with E-state index in [1.54, 1.807) is 72.9 Å². The number of carbonyl (C=O) groups is 2. The standard InChI is InChI=1S/C36H24Cl2N2O5/c1-2-43-24-15-17-29-32(19-24)45-33-20-25(44-35(42)27-8-4-6-10-31(27)38)16-18-30(33)36(29)28-9-5-3-7-26(28)34(41)40(36)39-21-22-11-13-23(37)14-12-22/h3-21H,2H2,1H3/b39-21+. The van der Waals surface area contributed by atoms with Crippen LogP contribution in [0, 0.1) is 0 Å². The number of esters is 1. The van der Waals surface area contributed by atoms with Gasteiger partial charge in [0.2, 0.25) is 0 Å². The number of halogens is 2. The van der Waals surface area contributed by atoms with Crippen molar-refractivity contribution in [3.8, 4) is 23.0 Å². The van der Waals surface area contributed by atoms with Gasteiger partial charge in [-0.1, -0.05) is 65.7 Å². The molecule has 0 fully saturated rings. The molecular weight excluding hydrogens is 611 g/mol. The Labute approximate surface area is 269 Å². The van der Waals surface area contributed by atoms with E-state index in [1.807, 2.05) is 49.4 Å². The molecule has 0 aromatic heterocycles. The lowest BCUT2D eigenvalue weighted by molar-refractivity contribution is 0.0675. The number of hydrogen-bond donors (Lipinski definition) is 0. The number of hydrogen-bond acceptors (Lipinski definition) is 6. The van der Waals surface area contributed by atoms with E-state index >= 15 is 0 Å². The van der Waals surface area contributed by atoms with Crippen molar-refractivity contribution >= 4 is 41.3 Å². The van der Waals surface area contributed by atoms with Gasteiger partial charge in [-0.2, -0.15) is 5.10 Å². The average molecular weight is 636 g/mol. The summed E-state index contributed by atoms with van der Waals surface area (Å²) in [5, 5.41) is 7.16. The fourth-order valence-corrected chi connectivity index (χ4v) is 6.18. The molecule has 222 valence electrons. The molecule has 9 heteroatoms. The Morgan fingerprint density at radius 1 is 0.844 bits per heavy atom. The molecule has 1 atom stereocenters. The first-order valence-corrected chi connectivity index (χ1v) is 15.0. The second-order valence-electron chi connectivity index (χ2n) is 10.4. The Bertz CT molecular complexity index is 2010. The lowest BCUT2D eigenvalue weighted by atomic mass is 9.75. The van der Waals surface area contributed by atoms with Crippen molar-refractivity contribution in [2.75, 3.05) is 6.61 Å². The van der Waals surface area contributed by atoms with Gasteiger partial charge in [0.1, 0.15) is 28.5 Å². The Morgan fingerprint density at radius 2 is 1.51 bits per heavy atom. The first kappa shape index (κ1) is 28.6. The number of benzene rings is 5. The summed E-state index contributed by atoms with van der Waals surface area (Å²) in [6.07, 6.45) is 1.63. The lowest BCUT2D eigenvalue weighted by Crippen LogP contribution is -2.44. The molecule has 0 N–H and O–H groups in total. The third-order valence-electron chi connectivity index (χ3n) is 7.77. The molecule has 0 radical (unpaired) electrons. The van der Waals surface area contributed by atoms with Crippen molar-refractivity contribution in [1.29, 1.82) is 0 Å². The van der Waals surface area contributed by atoms with Crippen molar-refractivity contribution in [3.05, 3.63) is 153 Å². The second-order valence-corrected chi connectivity index (χ2v) is 11.2. The minimum atomic E-state index is -1.21. The average Bonchev–Trinajstić information content (AvgIpc) is 3.29. The molecule has 2 heterocycles. The van der Waals surface area contributed by atoms with Crippen LogP contribution in [0.3, 0.4) is 0 Å². The van der Waals surface area contributed by atoms with Crippen molar-refractivity contribution in [2.45, 2.75) is 12.5 Å². The second kappa shape index (κ2) is 11.4. The molecule has 0 saturated heterocycles. The first-order chi connectivity index (χ1) is 21.9. The van der Waals surface area contributed by atoms with Crippen molar-refractivity contribution in [3.63, 3.8) is 0 Å². The van der Waals surface area contributed by atoms with Crippen molar-refractivity contribution in [1.82, 2.24) is 5.01 Å². The number of hydrazone groups is 1. The largest absolute Gasteiger partial charge is 0.494 e. The minimum absolute atomic E-state index is 0.235. The van der Waals surface area contributed by atoms with Crippen molar-refractivity contribution in [2.24, 2.45) is 5.10 Å². The van der Waals surface area contributed by atoms with Gasteiger partial charge in [0, 0.05) is 39.4 Å². The zero-order chi connectivity index (χ0) is 31.1. The summed E-state index contributed by atoms with van der Waals surface area (Å²) >= 11 is 12.3. The van der Waals surface area contributed by atoms with Crippen LogP contribution in [0.2, 0.25) is 10.0 Å². The molecular formula is C36H24Cl2N2O5. The molecule has 0 aliphatic carbocycles. The maximum atomic E-state index is 14.2. The summed E-state index contributed by atoms with van der Waals surface area (Å²) in [6.45, 7) is 2.36. The van der Waals surface area contributed by atoms with Gasteiger partial charge in [-0.05, 0) is 67.1 Å². The highest BCUT2D eigenvalue weighted by atomic mass is 35.5. The smallest absolute Gasteiger partial charge is 0.345 e. The van der Waals surface area contributed by atoms with E-state index in [9.17, 15) is 9.59 Å². The highest BCUT2D eigenvalue weighted by molar-refractivity contribution is 6.33. The maximum absolute atomic E-state index is 14.2. The Hall–Kier alpha value is -5.11. The molecule has 45 heavy (non-hydrogen) atoms. The number of carbonyl (C=O) groups excluding carboxylic acids is 2. The fourth-order valence-electron chi connectivity index (χ4n) is 5.84. The maximum Gasteiger partial charge on any atom is 0.345 e. The van der Waals surface area contributed by atoms with Gasteiger partial charge >= 0.3 is 5.97 Å². The summed E-state index contributed by atoms with van der Waals surface area (Å²) < 4.78 is 18.0. The van der Waals surface area contributed by atoms with Gasteiger partial charge in [-0.3, -0.25) is 4.79 Å². The van der Waals surface area contributed by atoms with Crippen molar-refractivity contribution < 1.29 is 23.8 Å². The van der Waals surface area contributed by atoms with E-state index in [0.717, 1.165) is 11.1 Å². The van der Waals surface area contributed by atoms with Crippen LogP contribution in [-0.4, -0.2) is 29.7 Å². The predicted octanol–water partition coefficient (Wildman–Crippen LogP) is 8.50. The summed E-state index contributed by atoms with van der Waals surface area (Å²) in [4.78, 5) is 27.2. The molecule has 5 aromatic rings. The fraction of sp³-hybridized carbons (Fsp3) is 0.0833. The van der Waals surface area contributed by atoms with E-state index in [-0.39, 0.29) is 22.2 Å². The molecule has 1 spiro atoms. The molecule has 2 aliphatic heterocycles. The van der Waals surface area contributed by atoms with Gasteiger partial charge in [0.15, 0.2) is 0 Å². The molecule has 7 rings (SSSR count). The Kier molecular flexibility index (Phi) is 7.28. The van der Waals surface area contributed by atoms with Crippen LogP contribution in [0.1, 0.15) is 49.9 Å². The summed E-state index contributed by atoms with van der Waals surface area (Å²) in [5.74, 6) is 0.812. The van der Waals surface area contributed by atoms with Gasteiger partial charge in [0.25, 0.3) is 5.91 Å². The molecule has 2 aliphatic rings. The molecule has 1 amide bonds. The number of amides is 1. The van der Waals surface area contributed by atoms with Gasteiger partial charge in [0.05, 0.1) is 23.4 Å². The summed E-state index contributed by atoms with van der Waals surface area (Å²) in [7, 11) is 0. The number of fused-ring (bicyclic) bond motifs is 6. The monoisotopic (exact) mass is 634 g/mol. The van der Waals surface area contributed by atoms with Crippen LogP contribution in [0.25, 0.3) is 0 Å². The van der Waals surface area contributed by atoms with E-state index in [2.05, 4.69) is 0 Å². The Morgan fingerprint density at radius 3 is 2.24 bits per heavy atom. The number of rotatable bonds is 6. The third-order valence-corrected chi connectivity index (χ3v) is 8.35. The lowest BCUT2D eigenvalue weighted by Gasteiger charge is -2.41. The molecule has 5 aromatic carbocycles. The van der Waals surface area contributed by atoms with E-state index in [1.165, 1.54) is 5.01 Å². The highest BCUT2D eigenvalue weighted by Gasteiger charge is 2.57. The van der Waals surface area contributed by atoms with E-state index in [0.29, 0.717) is 45.6 Å². The van der Waals surface area contributed by atoms with Crippen LogP contribution in [0.5, 0.6) is 23.0 Å². The highest BCUT2D eigenvalue weighted by Crippen LogP contribution is 2.58. The summed E-state index contributed by atoms with van der Waals surface area (Å²) in [6, 6.07) is 31.9. The first-order valence-electron chi connectivity index (χ1n) is 14.2. The van der Waals surface area contributed by atoms with Crippen LogP contribution in [0.4, 0.5) is 0 Å². The SMILES string of the molecule is CCOc1ccc2c(c1)Oc1cc(OC(=O)c3ccccc3Cl)ccc1C21c2ccccc2C(=O)N1/N=C/c1ccc(Cl)cc1. The van der Waals surface area contributed by atoms with Crippen LogP contribution < -0.4 is 14.2 Å². The minimum Gasteiger partial charge on any atom is -0.494 e. The van der Waals surface area contributed by atoms with E-state index in [4.69, 9.17) is 42.5 Å². The zero-order valence-corrected chi connectivity index (χ0v) is 25.4. The van der Waals surface area contributed by atoms with Gasteiger partial charge in [-0.15, -0.1) is 0 Å². The van der Waals surface area contributed by atoms with Crippen LogP contribution in [-0.2, 0) is 5.54 Å². The molecule has 0 saturated carbocycles. The van der Waals surface area contributed by atoms with Gasteiger partial charge in [-0.25, -0.2) is 9.80 Å². The van der Waals surface area contributed by atoms with E-state index < -0.39 is 11.5 Å². The predicted molar refractivity (Wildman–Crippen MR) is 172 cm³/mol. The topological polar surface area (TPSA) is 77.4 Å². The van der Waals surface area contributed by atoms with Gasteiger partial charge < -0.3 is 14.2 Å². The zero-order valence-electron chi connectivity index (χ0n) is 23.9. The normalized spacial score (nSPS) is 16.2. The number of nitrogens with zero attached hydrogens (tertiary/aromatic N) is 2.